The molecule has 12 rings (SSSR count). The molecule has 0 bridgehead atoms. The van der Waals surface area contributed by atoms with Gasteiger partial charge in [0.25, 0.3) is 11.8 Å². The van der Waals surface area contributed by atoms with Gasteiger partial charge in [0, 0.05) is 43.2 Å². The monoisotopic (exact) mass is 1980 g/mol. The number of ether oxygens (including phenoxy) is 8. The fourth-order valence-electron chi connectivity index (χ4n) is 16.5. The third kappa shape index (κ3) is 27.5. The third-order valence-corrected chi connectivity index (χ3v) is 26.8. The lowest BCUT2D eigenvalue weighted by atomic mass is 9.85. The van der Waals surface area contributed by atoms with Gasteiger partial charge >= 0.3 is 6.18 Å². The molecule has 0 aliphatic carbocycles. The first-order valence-electron chi connectivity index (χ1n) is 46.0. The topological polar surface area (TPSA) is 332 Å². The lowest BCUT2D eigenvalue weighted by molar-refractivity contribution is -0.145. The number of halogens is 3. The fourth-order valence-corrected chi connectivity index (χ4v) is 19.2. The average molecular weight is 1990 g/mol. The van der Waals surface area contributed by atoms with E-state index in [2.05, 4.69) is 36.1 Å². The Kier molecular flexibility index (Phi) is 36.8. The predicted molar refractivity (Wildman–Crippen MR) is 534 cm³/mol. The van der Waals surface area contributed by atoms with E-state index in [1.807, 2.05) is 186 Å². The summed E-state index contributed by atoms with van der Waals surface area (Å²) in [7, 11) is 0. The van der Waals surface area contributed by atoms with Crippen LogP contribution in [0.2, 0.25) is 0 Å². The summed E-state index contributed by atoms with van der Waals surface area (Å²) in [6, 6.07) is 36.8. The summed E-state index contributed by atoms with van der Waals surface area (Å²) in [6.45, 7) is 42.4. The number of nitriles is 1. The second-order valence-corrected chi connectivity index (χ2v) is 40.6. The minimum Gasteiger partial charge on any atom is -0.491 e. The zero-order valence-corrected chi connectivity index (χ0v) is 84.7. The molecule has 4 saturated heterocycles. The standard InChI is InChI=1S/C52H62F3N7O8S2.C50H61N7O8S2/c1-31-22-42(46(64)57-25-35-10-12-36(13-11-35)44-34(4)58-30-72-44)60(26-31)47(65)45(50(5,6)7)59-43(63)29-70-33(3)28-69-32(2)27-67-20-21-68-40-18-16-38(17-19-40)62-49(71)61(48(66)51(62,8)9)39-15-14-37(24-56)41(23-39)52(53,54)55;1-32-26-41(45(59)52-28-35-10-12-36(13-11-35)43-34(3)53-31-67-43)55(29-32)46(60)44(49(4,5)6)54-42(58)30-64-23-22-62-20-21-63-24-25-65-39-17-14-37(15-18-39)57-48(66)56(47(61)50(57,7)8)38-16-19-40(51-9)33(2)27-38/h10-19,23,30-33,42,45H,20-22,25-29H2,1-9H3,(H,57,64)(H,59,63);10-19,27,31-32,41,44H,20-26,28-30H2,1-8H3,(H,52,59)(H,54,58)/t31-,32+,33-,42+,45-;32-,41+,44-/m11/s1. The van der Waals surface area contributed by atoms with E-state index in [9.17, 15) is 56.8 Å². The molecule has 8 amide bonds. The Morgan fingerprint density at radius 3 is 1.36 bits per heavy atom. The van der Waals surface area contributed by atoms with Gasteiger partial charge in [-0.2, -0.15) is 18.4 Å². The van der Waals surface area contributed by atoms with Crippen molar-refractivity contribution in [1.82, 2.24) is 41.0 Å². The van der Waals surface area contributed by atoms with E-state index < -0.39 is 87.2 Å². The van der Waals surface area contributed by atoms with Gasteiger partial charge in [0.1, 0.15) is 73.2 Å². The van der Waals surface area contributed by atoms with E-state index in [1.165, 1.54) is 11.0 Å². The van der Waals surface area contributed by atoms with Crippen LogP contribution in [0.15, 0.2) is 144 Å². The number of thiocarbonyl (C=S) groups is 2. The summed E-state index contributed by atoms with van der Waals surface area (Å²) in [4.78, 5) is 132. The molecule has 6 heterocycles. The molecule has 0 saturated carbocycles. The molecule has 4 N–H and O–H groups in total. The molecule has 4 aliphatic rings. The van der Waals surface area contributed by atoms with Crippen molar-refractivity contribution in [2.45, 2.75) is 197 Å². The van der Waals surface area contributed by atoms with E-state index in [4.69, 9.17) is 68.9 Å². The van der Waals surface area contributed by atoms with Crippen molar-refractivity contribution in [2.75, 3.05) is 112 Å². The van der Waals surface area contributed by atoms with Crippen LogP contribution in [-0.4, -0.2) is 217 Å². The molecule has 139 heavy (non-hydrogen) atoms. The first-order valence-corrected chi connectivity index (χ1v) is 48.6. The Morgan fingerprint density at radius 2 is 0.950 bits per heavy atom. The van der Waals surface area contributed by atoms with Crippen LogP contribution in [0.3, 0.4) is 0 Å². The Morgan fingerprint density at radius 1 is 0.547 bits per heavy atom. The van der Waals surface area contributed by atoms with E-state index >= 15 is 0 Å². The highest BCUT2D eigenvalue weighted by atomic mass is 32.1. The summed E-state index contributed by atoms with van der Waals surface area (Å²) in [5, 5.41) is 21.3. The van der Waals surface area contributed by atoms with Crippen molar-refractivity contribution in [3.8, 4) is 38.4 Å². The van der Waals surface area contributed by atoms with E-state index in [0.29, 0.717) is 99.1 Å². The summed E-state index contributed by atoms with van der Waals surface area (Å²) < 4.78 is 87.2. The van der Waals surface area contributed by atoms with Crippen LogP contribution in [0.1, 0.15) is 149 Å². The molecule has 37 heteroatoms. The summed E-state index contributed by atoms with van der Waals surface area (Å²) in [6.07, 6.45) is -4.55. The highest BCUT2D eigenvalue weighted by molar-refractivity contribution is 7.81. The zero-order valence-electron chi connectivity index (χ0n) is 81.5. The maximum Gasteiger partial charge on any atom is 0.417 e. The number of nitrogens with one attached hydrogen (secondary N) is 4. The van der Waals surface area contributed by atoms with Crippen molar-refractivity contribution in [3.63, 3.8) is 0 Å². The molecule has 0 radical (unpaired) electrons. The Labute approximate surface area is 829 Å². The first kappa shape index (κ1) is 108. The number of amides is 8. The van der Waals surface area contributed by atoms with Crippen LogP contribution < -0.4 is 50.3 Å². The number of hydrogen-bond donors (Lipinski definition) is 4. The molecule has 8 atom stereocenters. The number of carbonyl (C=O) groups is 8. The van der Waals surface area contributed by atoms with Gasteiger partial charge in [-0.3, -0.25) is 48.2 Å². The second-order valence-electron chi connectivity index (χ2n) is 38.2. The fraction of sp³-hybridized carbons (Fsp3) is 0.471. The molecule has 6 aromatic carbocycles. The normalized spacial score (nSPS) is 17.8. The van der Waals surface area contributed by atoms with Gasteiger partial charge in [-0.15, -0.1) is 22.7 Å². The van der Waals surface area contributed by atoms with E-state index in [-0.39, 0.29) is 111 Å². The van der Waals surface area contributed by atoms with Crippen molar-refractivity contribution in [1.29, 1.82) is 5.26 Å². The first-order chi connectivity index (χ1) is 65.8. The van der Waals surface area contributed by atoms with Crippen molar-refractivity contribution in [2.24, 2.45) is 22.7 Å². The minimum atomic E-state index is -4.81. The average Bonchev–Trinajstić information content (AvgIpc) is 1.59. The molecular formula is C102H123F3N14O16S4. The predicted octanol–water partition coefficient (Wildman–Crippen LogP) is 15.6. The maximum atomic E-state index is 14.1. The number of thiazole rings is 2. The number of aryl methyl sites for hydroxylation is 3. The Hall–Kier alpha value is -11.8. The molecule has 0 unspecified atom stereocenters. The number of anilines is 4. The van der Waals surface area contributed by atoms with Gasteiger partial charge in [-0.1, -0.05) is 110 Å². The maximum absolute atomic E-state index is 14.1. The lowest BCUT2D eigenvalue weighted by Gasteiger charge is -2.35. The number of hydrogen-bond acceptors (Lipinski definition) is 23. The Bertz CT molecular complexity index is 5780. The van der Waals surface area contributed by atoms with Crippen LogP contribution in [0.5, 0.6) is 11.5 Å². The van der Waals surface area contributed by atoms with Crippen molar-refractivity contribution in [3.05, 3.63) is 195 Å². The summed E-state index contributed by atoms with van der Waals surface area (Å²) in [5.74, 6) is -1.33. The number of nitrogens with zero attached hydrogens (tertiary/aromatic N) is 10. The molecule has 4 aliphatic heterocycles. The van der Waals surface area contributed by atoms with Gasteiger partial charge in [0.2, 0.25) is 35.4 Å². The molecule has 0 spiro atoms. The van der Waals surface area contributed by atoms with Gasteiger partial charge in [0.15, 0.2) is 15.9 Å². The van der Waals surface area contributed by atoms with Crippen LogP contribution in [0, 0.1) is 61.3 Å². The molecule has 8 aromatic rings. The number of benzene rings is 6. The number of likely N-dealkylation sites (tertiary alicyclic amines) is 2. The van der Waals surface area contributed by atoms with E-state index in [0.717, 1.165) is 71.7 Å². The lowest BCUT2D eigenvalue weighted by Crippen LogP contribution is -2.58. The van der Waals surface area contributed by atoms with Crippen LogP contribution in [0.4, 0.5) is 41.6 Å². The highest BCUT2D eigenvalue weighted by Gasteiger charge is 2.53. The van der Waals surface area contributed by atoms with E-state index in [1.54, 1.807) is 107 Å². The van der Waals surface area contributed by atoms with Gasteiger partial charge in [-0.25, -0.2) is 14.8 Å². The summed E-state index contributed by atoms with van der Waals surface area (Å²) >= 11 is 14.6. The molecule has 742 valence electrons. The largest absolute Gasteiger partial charge is 0.491 e. The molecule has 4 fully saturated rings. The van der Waals surface area contributed by atoms with Crippen LogP contribution in [0.25, 0.3) is 25.7 Å². The minimum absolute atomic E-state index is 0.0198. The van der Waals surface area contributed by atoms with Gasteiger partial charge < -0.3 is 78.8 Å². The molecular weight excluding hydrogens is 1860 g/mol. The van der Waals surface area contributed by atoms with Crippen LogP contribution >= 0.6 is 47.1 Å². The van der Waals surface area contributed by atoms with Crippen LogP contribution in [-0.2, 0) is 86.0 Å². The summed E-state index contributed by atoms with van der Waals surface area (Å²) in [5.41, 5.74) is 7.51. The number of rotatable bonds is 40. The van der Waals surface area contributed by atoms with Gasteiger partial charge in [-0.05, 0) is 229 Å². The quantitative estimate of drug-likeness (QED) is 0.0157. The highest BCUT2D eigenvalue weighted by Crippen LogP contribution is 2.43. The number of aromatic nitrogens is 2. The zero-order chi connectivity index (χ0) is 101. The number of carbonyl (C=O) groups excluding carboxylic acids is 8. The smallest absolute Gasteiger partial charge is 0.417 e. The van der Waals surface area contributed by atoms with Gasteiger partial charge in [0.05, 0.1) is 127 Å². The van der Waals surface area contributed by atoms with Crippen molar-refractivity contribution >= 4 is 133 Å². The Balaban J connectivity index is 0.000000267. The third-order valence-electron chi connectivity index (χ3n) is 24.1. The van der Waals surface area contributed by atoms with Crippen molar-refractivity contribution < 1.29 is 89.4 Å². The molecule has 30 nitrogen and oxygen atoms in total. The second kappa shape index (κ2) is 47.5. The molecule has 2 aromatic heterocycles. The number of alkyl halides is 3. The SMILES string of the molecule is Cc1ncsc1-c1ccc(CNC(=O)[C@@H]2C[C@@H](C)CN2C(=O)[C@@H](NC(=O)CO[C@H](C)CO[C@@H](C)COCCOc2ccc(N3C(=S)N(c4ccc(C#N)c(C(F)(F)F)c4)C(=O)C3(C)C)cc2)C(C)(C)C)cc1.[C-]#[N+]c1ccc(N2C(=O)C(C)(C)N(c3ccc(OCCOCCOCCOCC(=O)N[C@H](C(=O)N4C[C@H](C)C[C@H]4C(=O)NCc4ccc(-c5scnc5C)cc4)C(C)(C)C)cc3)C2=S)cc1C.